The van der Waals surface area contributed by atoms with Crippen molar-refractivity contribution in [3.63, 3.8) is 0 Å². The second-order valence-electron chi connectivity index (χ2n) is 16.5. The van der Waals surface area contributed by atoms with Gasteiger partial charge in [-0.05, 0) is 139 Å². The predicted molar refractivity (Wildman–Crippen MR) is 272 cm³/mol. The molecule has 1 heterocycles. The molecule has 12 aromatic rings. The van der Waals surface area contributed by atoms with Crippen molar-refractivity contribution in [1.29, 1.82) is 0 Å². The normalized spacial score (nSPS) is 11.4. The summed E-state index contributed by atoms with van der Waals surface area (Å²) in [7, 11) is 0. The first kappa shape index (κ1) is 37.3. The number of hydrogen-bond donors (Lipinski definition) is 0. The molecule has 12 rings (SSSR count). The van der Waals surface area contributed by atoms with Crippen molar-refractivity contribution in [3.05, 3.63) is 255 Å². The number of hydrogen-bond acceptors (Lipinski definition) is 1. The fourth-order valence-electron chi connectivity index (χ4n) is 9.83. The minimum Gasteiger partial charge on any atom is -0.310 e. The molecule has 11 aromatic carbocycles. The Bertz CT molecular complexity index is 3620. The zero-order chi connectivity index (χ0) is 42.4. The van der Waals surface area contributed by atoms with E-state index in [4.69, 9.17) is 0 Å². The summed E-state index contributed by atoms with van der Waals surface area (Å²) in [5.74, 6) is 0. The van der Waals surface area contributed by atoms with Gasteiger partial charge in [0.1, 0.15) is 0 Å². The average molecular weight is 815 g/mol. The molecule has 0 atom stereocenters. The van der Waals surface area contributed by atoms with Gasteiger partial charge in [0.05, 0.1) is 11.0 Å². The van der Waals surface area contributed by atoms with E-state index >= 15 is 0 Å². The highest BCUT2D eigenvalue weighted by atomic mass is 15.1. The highest BCUT2D eigenvalue weighted by Gasteiger charge is 2.20. The molecule has 2 nitrogen and oxygen atoms in total. The van der Waals surface area contributed by atoms with E-state index < -0.39 is 0 Å². The first-order valence-corrected chi connectivity index (χ1v) is 22.0. The number of rotatable bonds is 8. The molecule has 0 amide bonds. The Labute approximate surface area is 373 Å². The maximum absolute atomic E-state index is 2.40. The Morgan fingerprint density at radius 3 is 1.23 bits per heavy atom. The van der Waals surface area contributed by atoms with Gasteiger partial charge >= 0.3 is 0 Å². The first-order chi connectivity index (χ1) is 31.8. The van der Waals surface area contributed by atoms with Crippen LogP contribution in [0.1, 0.15) is 0 Å². The Balaban J connectivity index is 1.01. The molecule has 0 aliphatic heterocycles. The van der Waals surface area contributed by atoms with Gasteiger partial charge in [-0.15, -0.1) is 0 Å². The van der Waals surface area contributed by atoms with Crippen LogP contribution in [0.25, 0.3) is 93.5 Å². The summed E-state index contributed by atoms with van der Waals surface area (Å²) in [4.78, 5) is 2.38. The highest BCUT2D eigenvalue weighted by Crippen LogP contribution is 2.46. The van der Waals surface area contributed by atoms with Crippen molar-refractivity contribution in [2.24, 2.45) is 0 Å². The third-order valence-corrected chi connectivity index (χ3v) is 12.8. The van der Waals surface area contributed by atoms with Gasteiger partial charge in [0.15, 0.2) is 0 Å². The number of benzene rings is 11. The smallest absolute Gasteiger partial charge is 0.0542 e. The molecule has 300 valence electrons. The Morgan fingerprint density at radius 2 is 0.625 bits per heavy atom. The highest BCUT2D eigenvalue weighted by molar-refractivity contribution is 6.22. The number of aromatic nitrogens is 1. The molecule has 0 aliphatic rings. The van der Waals surface area contributed by atoms with Crippen LogP contribution >= 0.6 is 0 Å². The maximum atomic E-state index is 2.40. The second-order valence-corrected chi connectivity index (χ2v) is 16.5. The van der Waals surface area contributed by atoms with Gasteiger partial charge in [-0.1, -0.05) is 182 Å². The van der Waals surface area contributed by atoms with Crippen LogP contribution in [0.15, 0.2) is 255 Å². The van der Waals surface area contributed by atoms with Crippen LogP contribution in [-0.2, 0) is 0 Å². The zero-order valence-electron chi connectivity index (χ0n) is 35.1. The number of para-hydroxylation sites is 2. The van der Waals surface area contributed by atoms with Crippen molar-refractivity contribution in [1.82, 2.24) is 4.57 Å². The largest absolute Gasteiger partial charge is 0.310 e. The van der Waals surface area contributed by atoms with E-state index in [1.165, 1.54) is 87.9 Å². The Morgan fingerprint density at radius 1 is 0.234 bits per heavy atom. The van der Waals surface area contributed by atoms with Gasteiger partial charge in [-0.3, -0.25) is 0 Å². The molecule has 1 aromatic heterocycles. The lowest BCUT2D eigenvalue weighted by molar-refractivity contribution is 1.18. The molecule has 0 bridgehead atoms. The van der Waals surface area contributed by atoms with Crippen LogP contribution in [0.4, 0.5) is 17.1 Å². The molecule has 0 fully saturated rings. The summed E-state index contributed by atoms with van der Waals surface area (Å²) in [6.07, 6.45) is 0. The quantitative estimate of drug-likeness (QED) is 0.139. The van der Waals surface area contributed by atoms with Crippen molar-refractivity contribution < 1.29 is 0 Å². The van der Waals surface area contributed by atoms with Crippen LogP contribution in [-0.4, -0.2) is 4.57 Å². The molecular weight excluding hydrogens is 773 g/mol. The third-order valence-electron chi connectivity index (χ3n) is 12.8. The van der Waals surface area contributed by atoms with Crippen molar-refractivity contribution >= 4 is 60.4 Å². The molecule has 0 aliphatic carbocycles. The third kappa shape index (κ3) is 6.44. The summed E-state index contributed by atoms with van der Waals surface area (Å²) in [6.45, 7) is 0. The second kappa shape index (κ2) is 15.8. The zero-order valence-corrected chi connectivity index (χ0v) is 35.1. The number of nitrogens with zero attached hydrogens (tertiary/aromatic N) is 2. The lowest BCUT2D eigenvalue weighted by atomic mass is 9.85. The standard InChI is InChI=1S/C62H42N2/c1-6-18-43(19-7-1)48-33-38-59-56(40-48)57-42-52(36-39-60(57)64(59)50-26-14-5-15-27-50)63(49-24-12-4-13-25-49)51-34-30-44(31-35-51)47-32-37-55-58(41-47)62(46-22-10-3-11-23-46)54-29-17-16-28-53(54)61(55)45-20-8-2-9-21-45/h1-42H. The molecule has 0 radical (unpaired) electrons. The minimum absolute atomic E-state index is 1.09. The average Bonchev–Trinajstić information content (AvgIpc) is 3.70. The molecule has 0 unspecified atom stereocenters. The molecule has 2 heteroatoms. The molecular formula is C62H42N2. The lowest BCUT2D eigenvalue weighted by Gasteiger charge is -2.26. The van der Waals surface area contributed by atoms with Gasteiger partial charge in [-0.25, -0.2) is 0 Å². The fraction of sp³-hybridized carbons (Fsp3) is 0. The van der Waals surface area contributed by atoms with Crippen LogP contribution in [0, 0.1) is 0 Å². The summed E-state index contributed by atoms with van der Waals surface area (Å²) in [5.41, 5.74) is 16.5. The maximum Gasteiger partial charge on any atom is 0.0542 e. The van der Waals surface area contributed by atoms with E-state index in [0.29, 0.717) is 0 Å². The van der Waals surface area contributed by atoms with Gasteiger partial charge in [-0.2, -0.15) is 0 Å². The van der Waals surface area contributed by atoms with Crippen LogP contribution in [0.5, 0.6) is 0 Å². The number of anilines is 3. The van der Waals surface area contributed by atoms with E-state index in [-0.39, 0.29) is 0 Å². The Hall–Kier alpha value is -8.46. The van der Waals surface area contributed by atoms with Gasteiger partial charge in [0, 0.05) is 33.5 Å². The van der Waals surface area contributed by atoms with Gasteiger partial charge in [0.25, 0.3) is 0 Å². The molecule has 0 saturated heterocycles. The first-order valence-electron chi connectivity index (χ1n) is 22.0. The molecule has 0 spiro atoms. The minimum atomic E-state index is 1.09. The topological polar surface area (TPSA) is 8.17 Å². The Kier molecular flexibility index (Phi) is 9.20. The predicted octanol–water partition coefficient (Wildman–Crippen LogP) is 17.2. The van der Waals surface area contributed by atoms with Crippen LogP contribution < -0.4 is 4.90 Å². The van der Waals surface area contributed by atoms with E-state index in [9.17, 15) is 0 Å². The molecule has 0 saturated carbocycles. The van der Waals surface area contributed by atoms with Crippen molar-refractivity contribution in [2.45, 2.75) is 0 Å². The van der Waals surface area contributed by atoms with E-state index in [1.807, 2.05) is 0 Å². The summed E-state index contributed by atoms with van der Waals surface area (Å²) < 4.78 is 2.39. The van der Waals surface area contributed by atoms with Crippen molar-refractivity contribution in [2.75, 3.05) is 4.90 Å². The van der Waals surface area contributed by atoms with Crippen LogP contribution in [0.3, 0.4) is 0 Å². The lowest BCUT2D eigenvalue weighted by Crippen LogP contribution is -2.09. The van der Waals surface area contributed by atoms with E-state index in [0.717, 1.165) is 22.7 Å². The monoisotopic (exact) mass is 814 g/mol. The summed E-state index contributed by atoms with van der Waals surface area (Å²) in [5, 5.41) is 7.44. The SMILES string of the molecule is c1ccc(-c2ccc3c(c2)c2cc(N(c4ccccc4)c4ccc(-c5ccc6c(-c7ccccc7)c7ccccc7c(-c7ccccc7)c6c5)cc4)ccc2n3-c2ccccc2)cc1. The van der Waals surface area contributed by atoms with E-state index in [2.05, 4.69) is 264 Å². The summed E-state index contributed by atoms with van der Waals surface area (Å²) >= 11 is 0. The van der Waals surface area contributed by atoms with Gasteiger partial charge in [0.2, 0.25) is 0 Å². The molecule has 0 N–H and O–H groups in total. The van der Waals surface area contributed by atoms with Gasteiger partial charge < -0.3 is 9.47 Å². The summed E-state index contributed by atoms with van der Waals surface area (Å²) in [6, 6.07) is 92.6. The fourth-order valence-corrected chi connectivity index (χ4v) is 9.83. The molecule has 64 heavy (non-hydrogen) atoms. The van der Waals surface area contributed by atoms with Crippen molar-refractivity contribution in [3.8, 4) is 50.2 Å². The van der Waals surface area contributed by atoms with Crippen LogP contribution in [0.2, 0.25) is 0 Å². The number of fused-ring (bicyclic) bond motifs is 5. The van der Waals surface area contributed by atoms with E-state index in [1.54, 1.807) is 0 Å².